The van der Waals surface area contributed by atoms with E-state index in [0.29, 0.717) is 32.4 Å². The lowest BCUT2D eigenvalue weighted by Gasteiger charge is -2.37. The van der Waals surface area contributed by atoms with Crippen LogP contribution in [0.2, 0.25) is 0 Å². The molecule has 2 aromatic rings. The number of nitrogens with zero attached hydrogens (tertiary/aromatic N) is 3. The first kappa shape index (κ1) is 23.9. The van der Waals surface area contributed by atoms with Crippen LogP contribution in [0.3, 0.4) is 0 Å². The Morgan fingerprint density at radius 3 is 2.91 bits per heavy atom. The van der Waals surface area contributed by atoms with E-state index in [1.807, 2.05) is 12.1 Å². The van der Waals surface area contributed by atoms with Crippen molar-refractivity contribution in [3.8, 4) is 5.75 Å². The molecule has 2 aliphatic heterocycles. The van der Waals surface area contributed by atoms with Gasteiger partial charge < -0.3 is 14.5 Å². The minimum absolute atomic E-state index is 0.0357. The predicted octanol–water partition coefficient (Wildman–Crippen LogP) is 3.85. The summed E-state index contributed by atoms with van der Waals surface area (Å²) in [5.41, 5.74) is 4.84. The molecular weight excluding hydrogens is 440 g/mol. The largest absolute Gasteiger partial charge is 0.494 e. The summed E-state index contributed by atoms with van der Waals surface area (Å²) in [6.45, 7) is 2.02. The molecule has 188 valence electrons. The van der Waals surface area contributed by atoms with Crippen LogP contribution in [0.1, 0.15) is 73.9 Å². The molecule has 7 heteroatoms. The van der Waals surface area contributed by atoms with E-state index in [4.69, 9.17) is 4.74 Å². The Balaban J connectivity index is 1.28. The molecule has 1 N–H and O–H groups in total. The van der Waals surface area contributed by atoms with Crippen molar-refractivity contribution in [3.63, 3.8) is 0 Å². The van der Waals surface area contributed by atoms with Crippen LogP contribution < -0.4 is 4.74 Å². The summed E-state index contributed by atoms with van der Waals surface area (Å²) < 4.78 is 5.99. The minimum Gasteiger partial charge on any atom is -0.494 e. The fourth-order valence-electron chi connectivity index (χ4n) is 5.88. The number of aromatic nitrogens is 2. The second-order valence-electron chi connectivity index (χ2n) is 10.3. The van der Waals surface area contributed by atoms with Gasteiger partial charge in [0.25, 0.3) is 0 Å². The van der Waals surface area contributed by atoms with Gasteiger partial charge in [-0.05, 0) is 87.5 Å². The van der Waals surface area contributed by atoms with E-state index in [0.717, 1.165) is 62.9 Å². The number of carbonyl (C=O) groups excluding carboxylic acids is 2. The van der Waals surface area contributed by atoms with Gasteiger partial charge >= 0.3 is 0 Å². The van der Waals surface area contributed by atoms with Crippen molar-refractivity contribution in [1.29, 1.82) is 0 Å². The number of ether oxygens (including phenoxy) is 1. The van der Waals surface area contributed by atoms with Crippen LogP contribution in [0, 0.1) is 0 Å². The molecule has 0 radical (unpaired) electrons. The van der Waals surface area contributed by atoms with E-state index >= 15 is 0 Å². The molecule has 0 spiro atoms. The smallest absolute Gasteiger partial charge is 0.242 e. The molecule has 1 atom stereocenters. The van der Waals surface area contributed by atoms with Crippen LogP contribution in [-0.2, 0) is 35.3 Å². The molecule has 3 aliphatic rings. The summed E-state index contributed by atoms with van der Waals surface area (Å²) in [4.78, 5) is 30.6. The van der Waals surface area contributed by atoms with Crippen molar-refractivity contribution in [2.45, 2.75) is 83.1 Å². The highest BCUT2D eigenvalue weighted by Crippen LogP contribution is 2.25. The second kappa shape index (κ2) is 11.3. The maximum absolute atomic E-state index is 13.4. The molecular formula is C28H38N4O3. The van der Waals surface area contributed by atoms with Crippen molar-refractivity contribution in [1.82, 2.24) is 20.0 Å². The summed E-state index contributed by atoms with van der Waals surface area (Å²) in [5, 5.41) is 7.68. The van der Waals surface area contributed by atoms with E-state index in [1.165, 1.54) is 29.7 Å². The number of amides is 2. The number of aromatic amines is 1. The molecule has 1 aliphatic carbocycles. The van der Waals surface area contributed by atoms with Crippen molar-refractivity contribution in [2.75, 3.05) is 26.2 Å². The number of rotatable bonds is 3. The Morgan fingerprint density at radius 1 is 1.06 bits per heavy atom. The SMILES string of the molecule is O=C(CCc1n[nH]c2c1CCCC2)N1CCCOc2cccc(c2)CCC2CCCCN2C(=O)C1. The number of aryl methyl sites for hydroxylation is 3. The van der Waals surface area contributed by atoms with Gasteiger partial charge in [0.05, 0.1) is 18.8 Å². The number of benzene rings is 1. The third-order valence-corrected chi connectivity index (χ3v) is 7.85. The Hall–Kier alpha value is -2.83. The second-order valence-corrected chi connectivity index (χ2v) is 10.3. The molecule has 1 saturated heterocycles. The van der Waals surface area contributed by atoms with E-state index in [2.05, 4.69) is 27.2 Å². The van der Waals surface area contributed by atoms with Crippen LogP contribution in [-0.4, -0.2) is 64.1 Å². The molecule has 2 amide bonds. The number of hydrogen-bond donors (Lipinski definition) is 1. The zero-order valence-electron chi connectivity index (χ0n) is 20.8. The van der Waals surface area contributed by atoms with Crippen LogP contribution >= 0.6 is 0 Å². The number of carbonyl (C=O) groups is 2. The van der Waals surface area contributed by atoms with Crippen molar-refractivity contribution in [3.05, 3.63) is 46.8 Å². The third-order valence-electron chi connectivity index (χ3n) is 7.85. The average molecular weight is 479 g/mol. The number of piperidine rings is 1. The molecule has 3 heterocycles. The van der Waals surface area contributed by atoms with Gasteiger partial charge in [-0.1, -0.05) is 12.1 Å². The molecule has 5 rings (SSSR count). The zero-order valence-corrected chi connectivity index (χ0v) is 20.8. The lowest BCUT2D eigenvalue weighted by molar-refractivity contribution is -0.143. The van der Waals surface area contributed by atoms with Crippen molar-refractivity contribution >= 4 is 11.8 Å². The van der Waals surface area contributed by atoms with Gasteiger partial charge in [0.1, 0.15) is 5.75 Å². The van der Waals surface area contributed by atoms with Gasteiger partial charge in [-0.3, -0.25) is 14.7 Å². The quantitative estimate of drug-likeness (QED) is 0.727. The zero-order chi connectivity index (χ0) is 24.0. The molecule has 7 nitrogen and oxygen atoms in total. The average Bonchev–Trinajstić information content (AvgIpc) is 3.31. The monoisotopic (exact) mass is 478 g/mol. The number of nitrogens with one attached hydrogen (secondary N) is 1. The highest BCUT2D eigenvalue weighted by Gasteiger charge is 2.29. The fraction of sp³-hybridized carbons (Fsp3) is 0.607. The highest BCUT2D eigenvalue weighted by atomic mass is 16.5. The summed E-state index contributed by atoms with van der Waals surface area (Å²) in [5.74, 6) is 1.01. The lowest BCUT2D eigenvalue weighted by Crippen LogP contribution is -2.49. The van der Waals surface area contributed by atoms with Gasteiger partial charge in [-0.25, -0.2) is 0 Å². The number of hydrogen-bond acceptors (Lipinski definition) is 4. The van der Waals surface area contributed by atoms with Crippen molar-refractivity contribution < 1.29 is 14.3 Å². The molecule has 2 bridgehead atoms. The third kappa shape index (κ3) is 5.88. The fourth-order valence-corrected chi connectivity index (χ4v) is 5.88. The van der Waals surface area contributed by atoms with Crippen LogP contribution in [0.5, 0.6) is 5.75 Å². The van der Waals surface area contributed by atoms with Gasteiger partial charge in [-0.2, -0.15) is 5.10 Å². The molecule has 1 aromatic carbocycles. The van der Waals surface area contributed by atoms with Crippen molar-refractivity contribution in [2.24, 2.45) is 0 Å². The Kier molecular flexibility index (Phi) is 7.69. The van der Waals surface area contributed by atoms with Crippen LogP contribution in [0.25, 0.3) is 0 Å². The first-order chi connectivity index (χ1) is 17.2. The maximum atomic E-state index is 13.4. The number of H-pyrrole nitrogens is 1. The highest BCUT2D eigenvalue weighted by molar-refractivity contribution is 5.85. The van der Waals surface area contributed by atoms with E-state index in [9.17, 15) is 9.59 Å². The van der Waals surface area contributed by atoms with Gasteiger partial charge in [0.2, 0.25) is 11.8 Å². The van der Waals surface area contributed by atoms with Gasteiger partial charge in [0, 0.05) is 37.7 Å². The summed E-state index contributed by atoms with van der Waals surface area (Å²) in [7, 11) is 0. The van der Waals surface area contributed by atoms with Crippen LogP contribution in [0.4, 0.5) is 0 Å². The first-order valence-electron chi connectivity index (χ1n) is 13.5. The standard InChI is InChI=1S/C28H38N4O3/c33-27(15-14-26-24-10-1-2-11-25(24)29-30-26)31-16-6-18-35-23-9-5-7-21(19-23)12-13-22-8-3-4-17-32(22)28(34)20-31/h5,7,9,19,22H,1-4,6,8,10-18,20H2,(H,29,30). The Labute approximate surface area is 208 Å². The molecule has 0 saturated carbocycles. The van der Waals surface area contributed by atoms with E-state index < -0.39 is 0 Å². The van der Waals surface area contributed by atoms with Crippen LogP contribution in [0.15, 0.2) is 24.3 Å². The molecule has 1 unspecified atom stereocenters. The molecule has 1 fully saturated rings. The topological polar surface area (TPSA) is 78.5 Å². The van der Waals surface area contributed by atoms with E-state index in [1.54, 1.807) is 4.90 Å². The summed E-state index contributed by atoms with van der Waals surface area (Å²) in [6, 6.07) is 8.55. The first-order valence-corrected chi connectivity index (χ1v) is 13.5. The maximum Gasteiger partial charge on any atom is 0.242 e. The van der Waals surface area contributed by atoms with Gasteiger partial charge in [-0.15, -0.1) is 0 Å². The Bertz CT molecular complexity index is 1030. The summed E-state index contributed by atoms with van der Waals surface area (Å²) >= 11 is 0. The lowest BCUT2D eigenvalue weighted by atomic mass is 9.94. The predicted molar refractivity (Wildman–Crippen MR) is 134 cm³/mol. The number of fused-ring (bicyclic) bond motifs is 4. The normalized spacial score (nSPS) is 21.5. The summed E-state index contributed by atoms with van der Waals surface area (Å²) in [6.07, 6.45) is 11.3. The Morgan fingerprint density at radius 2 is 1.97 bits per heavy atom. The van der Waals surface area contributed by atoms with Gasteiger partial charge in [0.15, 0.2) is 0 Å². The van der Waals surface area contributed by atoms with E-state index in [-0.39, 0.29) is 24.4 Å². The molecule has 1 aromatic heterocycles. The molecule has 35 heavy (non-hydrogen) atoms. The minimum atomic E-state index is 0.0357.